The molecule has 1 saturated heterocycles. The molecule has 0 aromatic heterocycles. The third-order valence-corrected chi connectivity index (χ3v) is 1.18. The van der Waals surface area contributed by atoms with Gasteiger partial charge in [-0.2, -0.15) is 0 Å². The van der Waals surface area contributed by atoms with E-state index in [-0.39, 0.29) is 6.04 Å². The van der Waals surface area contributed by atoms with Gasteiger partial charge in [0.2, 0.25) is 0 Å². The summed E-state index contributed by atoms with van der Waals surface area (Å²) in [6.45, 7) is 7.68. The smallest absolute Gasteiger partial charge is 0.0656 e. The first-order valence-electron chi connectivity index (χ1n) is 2.79. The standard InChI is InChI=1S/C6H10NO/c1-2-6-5-8-4-3-7-6/h1-2,6-7H,3-5H2. The number of ether oxygens (including phenoxy) is 1. The molecule has 0 aromatic carbocycles. The second-order valence-electron chi connectivity index (χ2n) is 1.83. The van der Waals surface area contributed by atoms with Crippen molar-refractivity contribution in [3.63, 3.8) is 0 Å². The lowest BCUT2D eigenvalue weighted by Gasteiger charge is -2.19. The number of nitrogens with one attached hydrogen (secondary N) is 1. The van der Waals surface area contributed by atoms with E-state index in [4.69, 9.17) is 11.3 Å². The molecule has 8 heavy (non-hydrogen) atoms. The predicted molar refractivity (Wildman–Crippen MR) is 31.5 cm³/mol. The fraction of sp³-hybridized carbons (Fsp3) is 0.667. The Kier molecular flexibility index (Phi) is 2.06. The zero-order chi connectivity index (χ0) is 5.82. The SMILES string of the molecule is [CH]=CC1COCCN1. The molecule has 0 spiro atoms. The Bertz CT molecular complexity index is 76.6. The van der Waals surface area contributed by atoms with Crippen LogP contribution in [0.3, 0.4) is 0 Å². The average molecular weight is 112 g/mol. The van der Waals surface area contributed by atoms with E-state index in [2.05, 4.69) is 5.32 Å². The first kappa shape index (κ1) is 5.79. The highest BCUT2D eigenvalue weighted by atomic mass is 16.5. The number of rotatable bonds is 1. The second kappa shape index (κ2) is 2.84. The zero-order valence-corrected chi connectivity index (χ0v) is 4.76. The molecule has 0 aromatic rings. The Morgan fingerprint density at radius 2 is 2.62 bits per heavy atom. The Labute approximate surface area is 49.5 Å². The molecule has 0 aliphatic carbocycles. The molecule has 1 atom stereocenters. The van der Waals surface area contributed by atoms with E-state index in [0.29, 0.717) is 0 Å². The molecule has 1 radical (unpaired) electrons. The molecule has 1 fully saturated rings. The summed E-state index contributed by atoms with van der Waals surface area (Å²) in [5.41, 5.74) is 0. The van der Waals surface area contributed by atoms with E-state index in [9.17, 15) is 0 Å². The predicted octanol–water partition coefficient (Wildman–Crippen LogP) is -0.0360. The Morgan fingerprint density at radius 3 is 3.00 bits per heavy atom. The third kappa shape index (κ3) is 1.32. The molecular formula is C6H10NO. The minimum absolute atomic E-state index is 0.267. The van der Waals surface area contributed by atoms with Crippen LogP contribution in [0.15, 0.2) is 6.08 Å². The maximum Gasteiger partial charge on any atom is 0.0656 e. The van der Waals surface area contributed by atoms with E-state index in [0.717, 1.165) is 19.8 Å². The van der Waals surface area contributed by atoms with Crippen LogP contribution in [-0.2, 0) is 4.74 Å². The molecular weight excluding hydrogens is 102 g/mol. The number of hydrogen-bond donors (Lipinski definition) is 1. The van der Waals surface area contributed by atoms with Crippen LogP contribution in [0.2, 0.25) is 0 Å². The van der Waals surface area contributed by atoms with Crippen molar-refractivity contribution < 1.29 is 4.74 Å². The van der Waals surface area contributed by atoms with Gasteiger partial charge in [0, 0.05) is 12.6 Å². The molecule has 0 saturated carbocycles. The van der Waals surface area contributed by atoms with Crippen LogP contribution < -0.4 is 5.32 Å². The van der Waals surface area contributed by atoms with Gasteiger partial charge in [0.25, 0.3) is 0 Å². The van der Waals surface area contributed by atoms with Crippen molar-refractivity contribution in [2.75, 3.05) is 19.8 Å². The summed E-state index contributed by atoms with van der Waals surface area (Å²) in [4.78, 5) is 0. The molecule has 0 bridgehead atoms. The Morgan fingerprint density at radius 1 is 1.75 bits per heavy atom. The van der Waals surface area contributed by atoms with Crippen molar-refractivity contribution in [1.29, 1.82) is 0 Å². The largest absolute Gasteiger partial charge is 0.378 e. The van der Waals surface area contributed by atoms with Crippen LogP contribution in [0.1, 0.15) is 0 Å². The quantitative estimate of drug-likeness (QED) is 0.514. The fourth-order valence-electron chi connectivity index (χ4n) is 0.709. The maximum atomic E-state index is 5.24. The van der Waals surface area contributed by atoms with Gasteiger partial charge in [0.1, 0.15) is 0 Å². The van der Waals surface area contributed by atoms with E-state index >= 15 is 0 Å². The summed E-state index contributed by atoms with van der Waals surface area (Å²) in [6, 6.07) is 0.267. The first-order valence-corrected chi connectivity index (χ1v) is 2.79. The third-order valence-electron chi connectivity index (χ3n) is 1.18. The lowest BCUT2D eigenvalue weighted by atomic mass is 10.3. The van der Waals surface area contributed by atoms with Crippen molar-refractivity contribution in [2.45, 2.75) is 6.04 Å². The molecule has 0 amide bonds. The summed E-state index contributed by atoms with van der Waals surface area (Å²) in [5.74, 6) is 0. The lowest BCUT2D eigenvalue weighted by Crippen LogP contribution is -2.39. The molecule has 1 unspecified atom stereocenters. The van der Waals surface area contributed by atoms with Gasteiger partial charge < -0.3 is 10.1 Å². The van der Waals surface area contributed by atoms with Crippen molar-refractivity contribution >= 4 is 0 Å². The topological polar surface area (TPSA) is 21.3 Å². The highest BCUT2D eigenvalue weighted by Crippen LogP contribution is 1.91. The van der Waals surface area contributed by atoms with Crippen molar-refractivity contribution in [1.82, 2.24) is 5.32 Å². The summed E-state index contributed by atoms with van der Waals surface area (Å²) in [5, 5.41) is 3.16. The first-order chi connectivity index (χ1) is 3.93. The molecule has 1 heterocycles. The molecule has 2 heteroatoms. The van der Waals surface area contributed by atoms with Gasteiger partial charge in [-0.25, -0.2) is 0 Å². The summed E-state index contributed by atoms with van der Waals surface area (Å²) in [6.07, 6.45) is 1.62. The molecule has 1 aliphatic rings. The van der Waals surface area contributed by atoms with Crippen LogP contribution in [0.4, 0.5) is 0 Å². The molecule has 1 N–H and O–H groups in total. The van der Waals surface area contributed by atoms with Gasteiger partial charge in [-0.3, -0.25) is 0 Å². The molecule has 1 aliphatic heterocycles. The average Bonchev–Trinajstić information content (AvgIpc) is 1.90. The second-order valence-corrected chi connectivity index (χ2v) is 1.83. The maximum absolute atomic E-state index is 5.24. The van der Waals surface area contributed by atoms with Gasteiger partial charge in [0.05, 0.1) is 13.2 Å². The van der Waals surface area contributed by atoms with E-state index < -0.39 is 0 Å². The minimum Gasteiger partial charge on any atom is -0.378 e. The van der Waals surface area contributed by atoms with Crippen LogP contribution in [0.25, 0.3) is 0 Å². The van der Waals surface area contributed by atoms with Gasteiger partial charge in [-0.05, 0) is 0 Å². The summed E-state index contributed by atoms with van der Waals surface area (Å²) < 4.78 is 5.10. The Balaban J connectivity index is 2.22. The van der Waals surface area contributed by atoms with Gasteiger partial charge >= 0.3 is 0 Å². The molecule has 1 rings (SSSR count). The highest BCUT2D eigenvalue weighted by Gasteiger charge is 2.06. The van der Waals surface area contributed by atoms with E-state index in [1.807, 2.05) is 0 Å². The van der Waals surface area contributed by atoms with Crippen LogP contribution >= 0.6 is 0 Å². The minimum atomic E-state index is 0.267. The van der Waals surface area contributed by atoms with Crippen LogP contribution in [0.5, 0.6) is 0 Å². The van der Waals surface area contributed by atoms with Crippen LogP contribution in [-0.4, -0.2) is 25.8 Å². The number of morpholine rings is 1. The molecule has 45 valence electrons. The fourth-order valence-corrected chi connectivity index (χ4v) is 0.709. The summed E-state index contributed by atoms with van der Waals surface area (Å²) in [7, 11) is 0. The van der Waals surface area contributed by atoms with E-state index in [1.54, 1.807) is 6.08 Å². The monoisotopic (exact) mass is 112 g/mol. The van der Waals surface area contributed by atoms with Crippen LogP contribution in [0, 0.1) is 6.58 Å². The number of hydrogen-bond acceptors (Lipinski definition) is 2. The Hall–Kier alpha value is -0.340. The van der Waals surface area contributed by atoms with Crippen molar-refractivity contribution in [2.24, 2.45) is 0 Å². The lowest BCUT2D eigenvalue weighted by molar-refractivity contribution is 0.0901. The van der Waals surface area contributed by atoms with Crippen molar-refractivity contribution in [3.05, 3.63) is 12.7 Å². The summed E-state index contributed by atoms with van der Waals surface area (Å²) >= 11 is 0. The zero-order valence-electron chi connectivity index (χ0n) is 4.76. The van der Waals surface area contributed by atoms with Crippen molar-refractivity contribution in [3.8, 4) is 0 Å². The van der Waals surface area contributed by atoms with E-state index in [1.165, 1.54) is 0 Å². The van der Waals surface area contributed by atoms with Gasteiger partial charge in [0.15, 0.2) is 0 Å². The van der Waals surface area contributed by atoms with Gasteiger partial charge in [-0.15, -0.1) is 0 Å². The molecule has 2 nitrogen and oxygen atoms in total. The highest BCUT2D eigenvalue weighted by molar-refractivity contribution is 4.84. The normalized spacial score (nSPS) is 29.8. The van der Waals surface area contributed by atoms with Gasteiger partial charge in [-0.1, -0.05) is 12.7 Å².